The molecular weight excluding hydrogens is 400 g/mol. The molecule has 5 rings (SSSR count). The van der Waals surface area contributed by atoms with Crippen molar-refractivity contribution in [2.45, 2.75) is 25.7 Å². The molecule has 2 aromatic carbocycles. The predicted molar refractivity (Wildman–Crippen MR) is 114 cm³/mol. The van der Waals surface area contributed by atoms with E-state index in [0.29, 0.717) is 35.5 Å². The number of nitrogens with zero attached hydrogens (tertiary/aromatic N) is 1. The van der Waals surface area contributed by atoms with Gasteiger partial charge in [0, 0.05) is 6.54 Å². The van der Waals surface area contributed by atoms with Crippen molar-refractivity contribution >= 4 is 35.0 Å². The van der Waals surface area contributed by atoms with Crippen molar-refractivity contribution in [3.05, 3.63) is 64.7 Å². The second-order valence-electron chi connectivity index (χ2n) is 8.55. The zero-order valence-corrected chi connectivity index (χ0v) is 17.3. The van der Waals surface area contributed by atoms with Gasteiger partial charge in [-0.05, 0) is 61.3 Å². The molecule has 2 aliphatic carbocycles. The monoisotopic (exact) mass is 422 g/mol. The summed E-state index contributed by atoms with van der Waals surface area (Å²) in [5, 5.41) is 3.18. The Labute approximate surface area is 180 Å². The maximum Gasteiger partial charge on any atom is 0.252 e. The van der Waals surface area contributed by atoms with E-state index in [1.54, 1.807) is 18.2 Å². The number of rotatable bonds is 5. The molecule has 5 nitrogen and oxygen atoms in total. The van der Waals surface area contributed by atoms with Crippen LogP contribution in [0.25, 0.3) is 0 Å². The highest BCUT2D eigenvalue weighted by molar-refractivity contribution is 6.34. The number of hydrogen-bond donors (Lipinski definition) is 1. The van der Waals surface area contributed by atoms with Gasteiger partial charge in [-0.3, -0.25) is 19.3 Å². The van der Waals surface area contributed by atoms with Gasteiger partial charge in [0.15, 0.2) is 0 Å². The number of benzene rings is 2. The Bertz CT molecular complexity index is 994. The van der Waals surface area contributed by atoms with Gasteiger partial charge in [0.2, 0.25) is 11.8 Å². The van der Waals surface area contributed by atoms with Gasteiger partial charge in [-0.2, -0.15) is 0 Å². The molecule has 0 radical (unpaired) electrons. The van der Waals surface area contributed by atoms with Crippen LogP contribution in [-0.2, 0) is 16.0 Å². The standard InChI is InChI=1S/C24H23ClN2O3/c25-19-9-8-17(13-18(19)22(28)26-11-10-14-4-2-1-3-5-14)27-23(29)20-15-6-7-16(12-15)21(20)24(27)30/h1-5,8-9,13,15-16,20-21H,6-7,10-12H2,(H,26,28). The fourth-order valence-corrected chi connectivity index (χ4v) is 5.75. The van der Waals surface area contributed by atoms with Crippen LogP contribution in [0.2, 0.25) is 5.02 Å². The van der Waals surface area contributed by atoms with Gasteiger partial charge in [0.25, 0.3) is 5.91 Å². The predicted octanol–water partition coefficient (Wildman–Crippen LogP) is 3.85. The van der Waals surface area contributed by atoms with Gasteiger partial charge < -0.3 is 5.32 Å². The first-order valence-electron chi connectivity index (χ1n) is 10.5. The normalized spacial score (nSPS) is 26.9. The number of hydrogen-bond acceptors (Lipinski definition) is 3. The number of fused-ring (bicyclic) bond motifs is 5. The van der Waals surface area contributed by atoms with Gasteiger partial charge in [-0.15, -0.1) is 0 Å². The number of halogens is 1. The average molecular weight is 423 g/mol. The molecule has 1 N–H and O–H groups in total. The first kappa shape index (κ1) is 19.3. The average Bonchev–Trinajstić information content (AvgIpc) is 3.43. The Morgan fingerprint density at radius 1 is 1.00 bits per heavy atom. The first-order chi connectivity index (χ1) is 14.5. The van der Waals surface area contributed by atoms with Gasteiger partial charge >= 0.3 is 0 Å². The summed E-state index contributed by atoms with van der Waals surface area (Å²) in [4.78, 5) is 40.1. The van der Waals surface area contributed by atoms with Crippen LogP contribution < -0.4 is 10.2 Å². The molecule has 1 aliphatic heterocycles. The summed E-state index contributed by atoms with van der Waals surface area (Å²) < 4.78 is 0. The fourth-order valence-electron chi connectivity index (χ4n) is 5.55. The molecule has 154 valence electrons. The molecule has 0 aromatic heterocycles. The van der Waals surface area contributed by atoms with Crippen molar-refractivity contribution in [3.8, 4) is 0 Å². The topological polar surface area (TPSA) is 66.5 Å². The number of nitrogens with one attached hydrogen (secondary N) is 1. The van der Waals surface area contributed by atoms with Gasteiger partial charge in [-0.1, -0.05) is 41.9 Å². The SMILES string of the molecule is O=C(NCCc1ccccc1)c1cc(N2C(=O)C3C4CCC(C4)C3C2=O)ccc1Cl. The third-order valence-electron chi connectivity index (χ3n) is 6.92. The minimum absolute atomic E-state index is 0.116. The summed E-state index contributed by atoms with van der Waals surface area (Å²) in [6, 6.07) is 14.7. The number of carbonyl (C=O) groups is 3. The van der Waals surface area contributed by atoms with Crippen LogP contribution in [0.1, 0.15) is 35.2 Å². The summed E-state index contributed by atoms with van der Waals surface area (Å²) in [5.41, 5.74) is 1.85. The second kappa shape index (κ2) is 7.55. The smallest absolute Gasteiger partial charge is 0.252 e. The highest BCUT2D eigenvalue weighted by atomic mass is 35.5. The molecule has 1 heterocycles. The van der Waals surface area contributed by atoms with E-state index in [2.05, 4.69) is 5.32 Å². The summed E-state index contributed by atoms with van der Waals surface area (Å²) >= 11 is 6.27. The fraction of sp³-hybridized carbons (Fsp3) is 0.375. The molecule has 3 aliphatic rings. The molecule has 1 saturated heterocycles. The molecule has 0 spiro atoms. The van der Waals surface area contributed by atoms with Crippen LogP contribution in [0, 0.1) is 23.7 Å². The minimum atomic E-state index is -0.308. The number of imide groups is 1. The minimum Gasteiger partial charge on any atom is -0.352 e. The van der Waals surface area contributed by atoms with Crippen molar-refractivity contribution in [1.82, 2.24) is 5.32 Å². The highest BCUT2D eigenvalue weighted by Gasteiger charge is 2.61. The summed E-state index contributed by atoms with van der Waals surface area (Å²) in [5.74, 6) is -0.253. The van der Waals surface area contributed by atoms with Gasteiger partial charge in [0.1, 0.15) is 0 Å². The van der Waals surface area contributed by atoms with Crippen LogP contribution in [-0.4, -0.2) is 24.3 Å². The van der Waals surface area contributed by atoms with E-state index in [1.807, 2.05) is 30.3 Å². The maximum absolute atomic E-state index is 13.1. The molecule has 4 atom stereocenters. The summed E-state index contributed by atoms with van der Waals surface area (Å²) in [7, 11) is 0. The van der Waals surface area contributed by atoms with Crippen LogP contribution in [0.15, 0.2) is 48.5 Å². The van der Waals surface area contributed by atoms with Gasteiger partial charge in [0.05, 0.1) is 28.1 Å². The van der Waals surface area contributed by atoms with Crippen LogP contribution in [0.5, 0.6) is 0 Å². The Hall–Kier alpha value is -2.66. The lowest BCUT2D eigenvalue weighted by Crippen LogP contribution is -2.33. The van der Waals surface area contributed by atoms with Gasteiger partial charge in [-0.25, -0.2) is 0 Å². The molecule has 6 heteroatoms. The van der Waals surface area contributed by atoms with E-state index >= 15 is 0 Å². The van der Waals surface area contributed by atoms with E-state index in [4.69, 9.17) is 11.6 Å². The van der Waals surface area contributed by atoms with E-state index in [9.17, 15) is 14.4 Å². The summed E-state index contributed by atoms with van der Waals surface area (Å²) in [6.07, 6.45) is 3.78. The Morgan fingerprint density at radius 3 is 2.33 bits per heavy atom. The molecule has 4 unspecified atom stereocenters. The van der Waals surface area contributed by atoms with Crippen molar-refractivity contribution < 1.29 is 14.4 Å². The van der Waals surface area contributed by atoms with E-state index in [0.717, 1.165) is 24.8 Å². The molecule has 3 fully saturated rings. The van der Waals surface area contributed by atoms with Crippen LogP contribution >= 0.6 is 11.6 Å². The molecule has 2 aromatic rings. The second-order valence-corrected chi connectivity index (χ2v) is 8.96. The lowest BCUT2D eigenvalue weighted by atomic mass is 9.81. The largest absolute Gasteiger partial charge is 0.352 e. The quantitative estimate of drug-likeness (QED) is 0.744. The zero-order chi connectivity index (χ0) is 20.8. The molecule has 3 amide bonds. The first-order valence-corrected chi connectivity index (χ1v) is 10.9. The van der Waals surface area contributed by atoms with Crippen molar-refractivity contribution in [2.75, 3.05) is 11.4 Å². The number of carbonyl (C=O) groups excluding carboxylic acids is 3. The molecule has 30 heavy (non-hydrogen) atoms. The van der Waals surface area contributed by atoms with Crippen LogP contribution in [0.4, 0.5) is 5.69 Å². The Morgan fingerprint density at radius 2 is 1.67 bits per heavy atom. The lowest BCUT2D eigenvalue weighted by molar-refractivity contribution is -0.123. The van der Waals surface area contributed by atoms with E-state index in [1.165, 1.54) is 4.90 Å². The maximum atomic E-state index is 13.1. The molecular formula is C24H23ClN2O3. The lowest BCUT2D eigenvalue weighted by Gasteiger charge is -2.19. The molecule has 2 saturated carbocycles. The molecule has 2 bridgehead atoms. The van der Waals surface area contributed by atoms with E-state index < -0.39 is 0 Å². The van der Waals surface area contributed by atoms with Crippen molar-refractivity contribution in [1.29, 1.82) is 0 Å². The van der Waals surface area contributed by atoms with E-state index in [-0.39, 0.29) is 35.1 Å². The highest BCUT2D eigenvalue weighted by Crippen LogP contribution is 2.56. The Balaban J connectivity index is 1.33. The Kier molecular flexibility index (Phi) is 4.86. The van der Waals surface area contributed by atoms with Crippen molar-refractivity contribution in [3.63, 3.8) is 0 Å². The zero-order valence-electron chi connectivity index (χ0n) is 16.5. The third kappa shape index (κ3) is 3.12. The van der Waals surface area contributed by atoms with Crippen molar-refractivity contribution in [2.24, 2.45) is 23.7 Å². The number of amides is 3. The third-order valence-corrected chi connectivity index (χ3v) is 7.25. The summed E-state index contributed by atoms with van der Waals surface area (Å²) in [6.45, 7) is 0.471. The number of anilines is 1. The van der Waals surface area contributed by atoms with Crippen LogP contribution in [0.3, 0.4) is 0 Å².